The van der Waals surface area contributed by atoms with Crippen molar-refractivity contribution >= 4 is 15.9 Å². The van der Waals surface area contributed by atoms with Gasteiger partial charge in [0.1, 0.15) is 6.10 Å². The predicted molar refractivity (Wildman–Crippen MR) is 51.3 cm³/mol. The summed E-state index contributed by atoms with van der Waals surface area (Å²) in [5.41, 5.74) is 0. The molecule has 2 heterocycles. The Morgan fingerprint density at radius 2 is 2.23 bits per heavy atom. The van der Waals surface area contributed by atoms with Crippen molar-refractivity contribution in [3.63, 3.8) is 0 Å². The molecule has 1 aliphatic rings. The van der Waals surface area contributed by atoms with Crippen molar-refractivity contribution in [3.05, 3.63) is 22.7 Å². The minimum Gasteiger partial charge on any atom is -0.368 e. The molecule has 0 aliphatic carbocycles. The molecule has 0 bridgehead atoms. The largest absolute Gasteiger partial charge is 0.368 e. The molecule has 0 radical (unpaired) electrons. The monoisotopic (exact) mass is 243 g/mol. The van der Waals surface area contributed by atoms with Crippen molar-refractivity contribution in [2.75, 3.05) is 19.7 Å². The molecule has 4 nitrogen and oxygen atoms in total. The molecule has 1 aromatic heterocycles. The second-order valence-corrected chi connectivity index (χ2v) is 3.74. The van der Waals surface area contributed by atoms with E-state index >= 15 is 0 Å². The molecule has 5 heteroatoms. The molecule has 0 saturated carbocycles. The van der Waals surface area contributed by atoms with Crippen molar-refractivity contribution < 1.29 is 4.74 Å². The summed E-state index contributed by atoms with van der Waals surface area (Å²) in [5, 5.41) is 3.23. The lowest BCUT2D eigenvalue weighted by molar-refractivity contribution is 0.0221. The molecule has 1 aliphatic heterocycles. The quantitative estimate of drug-likeness (QED) is 0.797. The van der Waals surface area contributed by atoms with Gasteiger partial charge in [0.2, 0.25) is 0 Å². The Labute approximate surface area is 84.9 Å². The van der Waals surface area contributed by atoms with E-state index in [9.17, 15) is 0 Å². The van der Waals surface area contributed by atoms with Crippen LogP contribution in [0.2, 0.25) is 0 Å². The fourth-order valence-corrected chi connectivity index (χ4v) is 1.42. The SMILES string of the molecule is Brc1cnc([C@H]2CNCCO2)nc1. The minimum absolute atomic E-state index is 0.00171. The molecule has 1 aromatic rings. The molecule has 1 fully saturated rings. The smallest absolute Gasteiger partial charge is 0.158 e. The van der Waals surface area contributed by atoms with E-state index < -0.39 is 0 Å². The molecule has 0 spiro atoms. The summed E-state index contributed by atoms with van der Waals surface area (Å²) in [7, 11) is 0. The first-order valence-corrected chi connectivity index (χ1v) is 4.95. The first-order valence-electron chi connectivity index (χ1n) is 4.16. The van der Waals surface area contributed by atoms with Crippen LogP contribution in [0.5, 0.6) is 0 Å². The van der Waals surface area contributed by atoms with Crippen molar-refractivity contribution in [1.29, 1.82) is 0 Å². The highest BCUT2D eigenvalue weighted by atomic mass is 79.9. The zero-order valence-corrected chi connectivity index (χ0v) is 8.62. The highest BCUT2D eigenvalue weighted by molar-refractivity contribution is 9.10. The lowest BCUT2D eigenvalue weighted by Gasteiger charge is -2.21. The van der Waals surface area contributed by atoms with Gasteiger partial charge in [0, 0.05) is 25.5 Å². The van der Waals surface area contributed by atoms with Gasteiger partial charge in [0.15, 0.2) is 5.82 Å². The molecule has 0 unspecified atom stereocenters. The zero-order valence-electron chi connectivity index (χ0n) is 7.03. The fourth-order valence-electron chi connectivity index (χ4n) is 1.22. The fraction of sp³-hybridized carbons (Fsp3) is 0.500. The van der Waals surface area contributed by atoms with Gasteiger partial charge in [0.05, 0.1) is 11.1 Å². The molecular formula is C8H10BrN3O. The van der Waals surface area contributed by atoms with Crippen LogP contribution in [0.3, 0.4) is 0 Å². The molecule has 1 N–H and O–H groups in total. The van der Waals surface area contributed by atoms with Gasteiger partial charge in [-0.05, 0) is 15.9 Å². The number of aromatic nitrogens is 2. The van der Waals surface area contributed by atoms with Gasteiger partial charge >= 0.3 is 0 Å². The van der Waals surface area contributed by atoms with Crippen LogP contribution in [-0.2, 0) is 4.74 Å². The number of morpholine rings is 1. The Balaban J connectivity index is 2.10. The Morgan fingerprint density at radius 1 is 1.46 bits per heavy atom. The third-order valence-electron chi connectivity index (χ3n) is 1.86. The number of nitrogens with zero attached hydrogens (tertiary/aromatic N) is 2. The molecule has 13 heavy (non-hydrogen) atoms. The second kappa shape index (κ2) is 4.13. The topological polar surface area (TPSA) is 47.0 Å². The van der Waals surface area contributed by atoms with Crippen LogP contribution in [0, 0.1) is 0 Å². The maximum Gasteiger partial charge on any atom is 0.158 e. The van der Waals surface area contributed by atoms with Crippen LogP contribution in [0.1, 0.15) is 11.9 Å². The van der Waals surface area contributed by atoms with Crippen LogP contribution in [-0.4, -0.2) is 29.7 Å². The average Bonchev–Trinajstić information content (AvgIpc) is 2.20. The number of halogens is 1. The van der Waals surface area contributed by atoms with Crippen molar-refractivity contribution in [3.8, 4) is 0 Å². The third kappa shape index (κ3) is 2.24. The Bertz CT molecular complexity index is 271. The lowest BCUT2D eigenvalue weighted by atomic mass is 10.3. The van der Waals surface area contributed by atoms with E-state index in [1.807, 2.05) is 0 Å². The summed E-state index contributed by atoms with van der Waals surface area (Å²) < 4.78 is 6.39. The van der Waals surface area contributed by atoms with Crippen LogP contribution < -0.4 is 5.32 Å². The van der Waals surface area contributed by atoms with Crippen molar-refractivity contribution in [2.45, 2.75) is 6.10 Å². The van der Waals surface area contributed by atoms with Crippen molar-refractivity contribution in [2.24, 2.45) is 0 Å². The second-order valence-electron chi connectivity index (χ2n) is 2.82. The average molecular weight is 244 g/mol. The normalized spacial score (nSPS) is 23.0. The first-order chi connectivity index (χ1) is 6.36. The van der Waals surface area contributed by atoms with E-state index in [0.717, 1.165) is 30.0 Å². The van der Waals surface area contributed by atoms with Gasteiger partial charge < -0.3 is 10.1 Å². The lowest BCUT2D eigenvalue weighted by Crippen LogP contribution is -2.34. The molecular weight excluding hydrogens is 234 g/mol. The van der Waals surface area contributed by atoms with Gasteiger partial charge in [-0.1, -0.05) is 0 Å². The molecule has 1 saturated heterocycles. The summed E-state index contributed by atoms with van der Waals surface area (Å²) in [4.78, 5) is 8.36. The minimum atomic E-state index is 0.00171. The van der Waals surface area contributed by atoms with Crippen molar-refractivity contribution in [1.82, 2.24) is 15.3 Å². The van der Waals surface area contributed by atoms with E-state index in [1.165, 1.54) is 0 Å². The number of hydrogen-bond donors (Lipinski definition) is 1. The van der Waals surface area contributed by atoms with Gasteiger partial charge in [-0.2, -0.15) is 0 Å². The zero-order chi connectivity index (χ0) is 9.10. The summed E-state index contributed by atoms with van der Waals surface area (Å²) in [6, 6.07) is 0. The number of rotatable bonds is 1. The van der Waals surface area contributed by atoms with Crippen LogP contribution in [0.4, 0.5) is 0 Å². The maximum atomic E-state index is 5.50. The predicted octanol–water partition coefficient (Wildman–Crippen LogP) is 0.900. The van der Waals surface area contributed by atoms with Gasteiger partial charge in [-0.3, -0.25) is 0 Å². The highest BCUT2D eigenvalue weighted by Crippen LogP contribution is 2.15. The van der Waals surface area contributed by atoms with Crippen LogP contribution in [0.15, 0.2) is 16.9 Å². The van der Waals surface area contributed by atoms with Gasteiger partial charge in [-0.15, -0.1) is 0 Å². The maximum absolute atomic E-state index is 5.50. The summed E-state index contributed by atoms with van der Waals surface area (Å²) >= 11 is 3.29. The van der Waals surface area contributed by atoms with Crippen LogP contribution in [0.25, 0.3) is 0 Å². The Morgan fingerprint density at radius 3 is 2.85 bits per heavy atom. The highest BCUT2D eigenvalue weighted by Gasteiger charge is 2.17. The molecule has 70 valence electrons. The van der Waals surface area contributed by atoms with Crippen LogP contribution >= 0.6 is 15.9 Å². The van der Waals surface area contributed by atoms with Gasteiger partial charge in [0.25, 0.3) is 0 Å². The molecule has 0 aromatic carbocycles. The number of nitrogens with one attached hydrogen (secondary N) is 1. The van der Waals surface area contributed by atoms with Gasteiger partial charge in [-0.25, -0.2) is 9.97 Å². The third-order valence-corrected chi connectivity index (χ3v) is 2.27. The Kier molecular flexibility index (Phi) is 2.87. The summed E-state index contributed by atoms with van der Waals surface area (Å²) in [6.07, 6.45) is 3.47. The summed E-state index contributed by atoms with van der Waals surface area (Å²) in [6.45, 7) is 2.43. The molecule has 2 rings (SSSR count). The summed E-state index contributed by atoms with van der Waals surface area (Å²) in [5.74, 6) is 0.746. The standard InChI is InChI=1S/C8H10BrN3O/c9-6-3-11-8(12-4-6)7-5-10-1-2-13-7/h3-4,7,10H,1-2,5H2/t7-/m1/s1. The van der Waals surface area contributed by atoms with E-state index in [-0.39, 0.29) is 6.10 Å². The van der Waals surface area contributed by atoms with E-state index in [1.54, 1.807) is 12.4 Å². The molecule has 0 amide bonds. The van der Waals surface area contributed by atoms with E-state index in [4.69, 9.17) is 4.74 Å². The van der Waals surface area contributed by atoms with E-state index in [2.05, 4.69) is 31.2 Å². The number of hydrogen-bond acceptors (Lipinski definition) is 4. The first kappa shape index (κ1) is 9.05. The van der Waals surface area contributed by atoms with E-state index in [0.29, 0.717) is 0 Å². The molecule has 1 atom stereocenters. The number of ether oxygens (including phenoxy) is 1. The Hall–Kier alpha value is -0.520.